The molecule has 0 fully saturated rings. The second-order valence-electron chi connectivity index (χ2n) is 3.37. The van der Waals surface area contributed by atoms with Gasteiger partial charge in [0.05, 0.1) is 19.0 Å². The molecule has 5 nitrogen and oxygen atoms in total. The lowest BCUT2D eigenvalue weighted by Crippen LogP contribution is -2.19. The van der Waals surface area contributed by atoms with E-state index in [9.17, 15) is 9.90 Å². The fourth-order valence-corrected chi connectivity index (χ4v) is 2.17. The Morgan fingerprint density at radius 2 is 1.82 bits per heavy atom. The van der Waals surface area contributed by atoms with Crippen LogP contribution in [0.15, 0.2) is 17.0 Å². The minimum absolute atomic E-state index is 0.0979. The van der Waals surface area contributed by atoms with Crippen molar-refractivity contribution in [2.45, 2.75) is 18.1 Å². The third-order valence-corrected chi connectivity index (χ3v) is 3.21. The third kappa shape index (κ3) is 3.62. The first-order chi connectivity index (χ1) is 8.12. The van der Waals surface area contributed by atoms with Crippen LogP contribution >= 0.6 is 11.8 Å². The fourth-order valence-electron chi connectivity index (χ4n) is 1.27. The highest BCUT2D eigenvalue weighted by Crippen LogP contribution is 2.29. The van der Waals surface area contributed by atoms with E-state index in [0.29, 0.717) is 11.1 Å². The first-order valence-electron chi connectivity index (χ1n) is 5.02. The number of hydrogen-bond acceptors (Lipinski definition) is 5. The molecular formula is C11H15NO4S. The number of thioether (sulfide) groups is 1. The molecule has 0 saturated carbocycles. The quantitative estimate of drug-likeness (QED) is 0.566. The van der Waals surface area contributed by atoms with Gasteiger partial charge in [-0.15, -0.1) is 11.8 Å². The molecule has 4 N–H and O–H groups in total. The van der Waals surface area contributed by atoms with E-state index in [4.69, 9.17) is 10.2 Å². The summed E-state index contributed by atoms with van der Waals surface area (Å²) in [7, 11) is 1.55. The topological polar surface area (TPSA) is 89.8 Å². The van der Waals surface area contributed by atoms with E-state index < -0.39 is 0 Å². The standard InChI is InChI=1S/C11H15NO4S/c1-12-10(15)6-17-9-2-7(4-13)11(16)8(3-9)5-14/h2-3,13-14,16H,4-6H2,1H3,(H,12,15). The molecule has 0 spiro atoms. The van der Waals surface area contributed by atoms with Crippen molar-refractivity contribution in [2.24, 2.45) is 0 Å². The maximum absolute atomic E-state index is 11.1. The van der Waals surface area contributed by atoms with Gasteiger partial charge in [-0.2, -0.15) is 0 Å². The van der Waals surface area contributed by atoms with Crippen LogP contribution in [0, 0.1) is 0 Å². The Kier molecular flexibility index (Phi) is 5.27. The summed E-state index contributed by atoms with van der Waals surface area (Å²) in [5.41, 5.74) is 0.687. The number of aromatic hydroxyl groups is 1. The number of carbonyl (C=O) groups excluding carboxylic acids is 1. The number of phenols is 1. The molecule has 94 valence electrons. The van der Waals surface area contributed by atoms with Crippen molar-refractivity contribution in [3.8, 4) is 5.75 Å². The van der Waals surface area contributed by atoms with Crippen LogP contribution in [-0.2, 0) is 18.0 Å². The van der Waals surface area contributed by atoms with Crippen LogP contribution in [0.25, 0.3) is 0 Å². The largest absolute Gasteiger partial charge is 0.507 e. The summed E-state index contributed by atoms with van der Waals surface area (Å²) < 4.78 is 0. The van der Waals surface area contributed by atoms with Gasteiger partial charge in [-0.05, 0) is 12.1 Å². The molecule has 17 heavy (non-hydrogen) atoms. The van der Waals surface area contributed by atoms with Gasteiger partial charge in [0.15, 0.2) is 0 Å². The van der Waals surface area contributed by atoms with Crippen LogP contribution in [0.4, 0.5) is 0 Å². The fraction of sp³-hybridized carbons (Fsp3) is 0.364. The van der Waals surface area contributed by atoms with Crippen molar-refractivity contribution < 1.29 is 20.1 Å². The van der Waals surface area contributed by atoms with E-state index in [1.165, 1.54) is 11.8 Å². The molecule has 0 radical (unpaired) electrons. The maximum Gasteiger partial charge on any atom is 0.230 e. The van der Waals surface area contributed by atoms with E-state index in [1.807, 2.05) is 0 Å². The molecule has 0 saturated heterocycles. The second-order valence-corrected chi connectivity index (χ2v) is 4.42. The molecule has 6 heteroatoms. The number of hydrogen-bond donors (Lipinski definition) is 4. The monoisotopic (exact) mass is 257 g/mol. The van der Waals surface area contributed by atoms with Crippen LogP contribution < -0.4 is 5.32 Å². The number of nitrogens with one attached hydrogen (secondary N) is 1. The summed E-state index contributed by atoms with van der Waals surface area (Å²) in [4.78, 5) is 11.8. The van der Waals surface area contributed by atoms with Gasteiger partial charge >= 0.3 is 0 Å². The van der Waals surface area contributed by atoms with E-state index in [1.54, 1.807) is 19.2 Å². The Labute approximate surface area is 103 Å². The van der Waals surface area contributed by atoms with Crippen molar-refractivity contribution in [1.82, 2.24) is 5.32 Å². The third-order valence-electron chi connectivity index (χ3n) is 2.23. The molecule has 0 aliphatic carbocycles. The van der Waals surface area contributed by atoms with Gasteiger partial charge in [0, 0.05) is 23.1 Å². The van der Waals surface area contributed by atoms with E-state index in [0.717, 1.165) is 4.90 Å². The van der Waals surface area contributed by atoms with Crippen LogP contribution in [0.2, 0.25) is 0 Å². The van der Waals surface area contributed by atoms with Gasteiger partial charge in [0.2, 0.25) is 5.91 Å². The molecule has 0 unspecified atom stereocenters. The first-order valence-corrected chi connectivity index (χ1v) is 6.00. The van der Waals surface area contributed by atoms with Crippen LogP contribution in [0.5, 0.6) is 5.75 Å². The van der Waals surface area contributed by atoms with Gasteiger partial charge in [-0.1, -0.05) is 0 Å². The second kappa shape index (κ2) is 6.48. The lowest BCUT2D eigenvalue weighted by Gasteiger charge is -2.09. The number of amides is 1. The Morgan fingerprint density at radius 1 is 1.29 bits per heavy atom. The number of aliphatic hydroxyl groups excluding tert-OH is 2. The number of aliphatic hydroxyl groups is 2. The van der Waals surface area contributed by atoms with E-state index in [2.05, 4.69) is 5.32 Å². The van der Waals surface area contributed by atoms with E-state index in [-0.39, 0.29) is 30.6 Å². The summed E-state index contributed by atoms with van der Waals surface area (Å²) in [5, 5.41) is 30.2. The summed E-state index contributed by atoms with van der Waals surface area (Å²) in [5.74, 6) is 0.0373. The zero-order chi connectivity index (χ0) is 12.8. The Hall–Kier alpha value is -1.24. The summed E-state index contributed by atoms with van der Waals surface area (Å²) in [6, 6.07) is 3.20. The van der Waals surface area contributed by atoms with Gasteiger partial charge in [0.25, 0.3) is 0 Å². The highest BCUT2D eigenvalue weighted by molar-refractivity contribution is 8.00. The Morgan fingerprint density at radius 3 is 2.24 bits per heavy atom. The molecule has 1 rings (SSSR count). The van der Waals surface area contributed by atoms with Crippen LogP contribution in [0.3, 0.4) is 0 Å². The molecule has 0 aliphatic rings. The lowest BCUT2D eigenvalue weighted by atomic mass is 10.1. The van der Waals surface area contributed by atoms with Crippen molar-refractivity contribution in [1.29, 1.82) is 0 Å². The van der Waals surface area contributed by atoms with Crippen molar-refractivity contribution in [2.75, 3.05) is 12.8 Å². The summed E-state index contributed by atoms with van der Waals surface area (Å²) >= 11 is 1.28. The zero-order valence-corrected chi connectivity index (χ0v) is 10.3. The highest BCUT2D eigenvalue weighted by Gasteiger charge is 2.10. The average molecular weight is 257 g/mol. The zero-order valence-electron chi connectivity index (χ0n) is 9.43. The predicted octanol–water partition coefficient (Wildman–Crippen LogP) is 0.215. The SMILES string of the molecule is CNC(=O)CSc1cc(CO)c(O)c(CO)c1. The molecular weight excluding hydrogens is 242 g/mol. The minimum Gasteiger partial charge on any atom is -0.507 e. The molecule has 1 aromatic carbocycles. The van der Waals surface area contributed by atoms with Crippen molar-refractivity contribution >= 4 is 17.7 Å². The van der Waals surface area contributed by atoms with Gasteiger partial charge < -0.3 is 20.6 Å². The van der Waals surface area contributed by atoms with Gasteiger partial charge in [-0.3, -0.25) is 4.79 Å². The molecule has 1 aromatic rings. The lowest BCUT2D eigenvalue weighted by molar-refractivity contribution is -0.118. The van der Waals surface area contributed by atoms with Gasteiger partial charge in [-0.25, -0.2) is 0 Å². The number of rotatable bonds is 5. The molecule has 0 bridgehead atoms. The molecule has 0 aliphatic heterocycles. The molecule has 1 amide bonds. The summed E-state index contributed by atoms with van der Waals surface area (Å²) in [6.45, 7) is -0.625. The van der Waals surface area contributed by atoms with Crippen LogP contribution in [0.1, 0.15) is 11.1 Å². The Bertz CT molecular complexity index is 383. The smallest absolute Gasteiger partial charge is 0.230 e. The van der Waals surface area contributed by atoms with Crippen molar-refractivity contribution in [3.63, 3.8) is 0 Å². The maximum atomic E-state index is 11.1. The van der Waals surface area contributed by atoms with Crippen molar-refractivity contribution in [3.05, 3.63) is 23.3 Å². The number of benzene rings is 1. The molecule has 0 heterocycles. The summed E-state index contributed by atoms with van der Waals surface area (Å²) in [6.07, 6.45) is 0. The predicted molar refractivity (Wildman–Crippen MR) is 64.7 cm³/mol. The number of carbonyl (C=O) groups is 1. The van der Waals surface area contributed by atoms with Crippen LogP contribution in [-0.4, -0.2) is 34.0 Å². The highest BCUT2D eigenvalue weighted by atomic mass is 32.2. The average Bonchev–Trinajstić information content (AvgIpc) is 2.36. The normalized spacial score (nSPS) is 10.3. The van der Waals surface area contributed by atoms with Gasteiger partial charge in [0.1, 0.15) is 5.75 Å². The van der Waals surface area contributed by atoms with E-state index >= 15 is 0 Å². The molecule has 0 aromatic heterocycles. The molecule has 0 atom stereocenters. The first kappa shape index (κ1) is 13.8. The minimum atomic E-state index is -0.312. The Balaban J connectivity index is 2.89.